The van der Waals surface area contributed by atoms with Crippen molar-refractivity contribution in [2.45, 2.75) is 26.9 Å². The number of nitrogens with two attached hydrogens (primary N) is 1. The Hall–Kier alpha value is -1.80. The summed E-state index contributed by atoms with van der Waals surface area (Å²) in [6.07, 6.45) is -0.0969. The molecule has 0 fully saturated rings. The number of hydrogen-bond donors (Lipinski definition) is 1. The van der Waals surface area contributed by atoms with Crippen LogP contribution in [0.4, 0.5) is 0 Å². The van der Waals surface area contributed by atoms with Crippen LogP contribution >= 0.6 is 0 Å². The van der Waals surface area contributed by atoms with Crippen LogP contribution in [-0.4, -0.2) is 6.54 Å². The van der Waals surface area contributed by atoms with Crippen LogP contribution in [0.25, 0.3) is 0 Å². The van der Waals surface area contributed by atoms with Gasteiger partial charge in [-0.3, -0.25) is 0 Å². The highest BCUT2D eigenvalue weighted by atomic mass is 16.5. The van der Waals surface area contributed by atoms with Gasteiger partial charge in [-0.05, 0) is 43.5 Å². The summed E-state index contributed by atoms with van der Waals surface area (Å²) < 4.78 is 6.09. The molecular weight excluding hydrogens is 234 g/mol. The Morgan fingerprint density at radius 3 is 2.42 bits per heavy atom. The molecular formula is C17H21NO. The lowest BCUT2D eigenvalue weighted by atomic mass is 10.1. The fraction of sp³-hybridized carbons (Fsp3) is 0.294. The third-order valence-electron chi connectivity index (χ3n) is 3.24. The Kier molecular flexibility index (Phi) is 4.23. The number of hydrogen-bond acceptors (Lipinski definition) is 2. The van der Waals surface area contributed by atoms with Crippen molar-refractivity contribution in [3.63, 3.8) is 0 Å². The quantitative estimate of drug-likeness (QED) is 0.904. The normalized spacial score (nSPS) is 12.2. The number of rotatable bonds is 4. The maximum Gasteiger partial charge on any atom is 0.136 e. The topological polar surface area (TPSA) is 35.2 Å². The average molecular weight is 255 g/mol. The summed E-state index contributed by atoms with van der Waals surface area (Å²) in [6, 6.07) is 14.5. The zero-order chi connectivity index (χ0) is 13.8. The minimum absolute atomic E-state index is 0.0969. The lowest BCUT2D eigenvalue weighted by Gasteiger charge is -2.20. The molecule has 0 saturated heterocycles. The van der Waals surface area contributed by atoms with Gasteiger partial charge < -0.3 is 10.5 Å². The monoisotopic (exact) mass is 255 g/mol. The van der Waals surface area contributed by atoms with Crippen molar-refractivity contribution in [2.75, 3.05) is 6.54 Å². The molecule has 0 radical (unpaired) electrons. The molecule has 2 aromatic carbocycles. The molecule has 0 aliphatic rings. The maximum atomic E-state index is 6.09. The van der Waals surface area contributed by atoms with Crippen LogP contribution in [0.1, 0.15) is 28.4 Å². The molecule has 2 rings (SSSR count). The highest BCUT2D eigenvalue weighted by molar-refractivity contribution is 5.37. The van der Waals surface area contributed by atoms with Crippen LogP contribution in [0.3, 0.4) is 0 Å². The lowest BCUT2D eigenvalue weighted by molar-refractivity contribution is 0.212. The Morgan fingerprint density at radius 2 is 1.74 bits per heavy atom. The molecule has 2 aromatic rings. The fourth-order valence-electron chi connectivity index (χ4n) is 2.11. The van der Waals surface area contributed by atoms with Crippen molar-refractivity contribution < 1.29 is 4.74 Å². The van der Waals surface area contributed by atoms with Crippen LogP contribution in [0.2, 0.25) is 0 Å². The van der Waals surface area contributed by atoms with Gasteiger partial charge in [0, 0.05) is 6.54 Å². The molecule has 0 spiro atoms. The second-order valence-corrected chi connectivity index (χ2v) is 5.03. The minimum Gasteiger partial charge on any atom is -0.484 e. The van der Waals surface area contributed by atoms with E-state index in [0.717, 1.165) is 16.9 Å². The van der Waals surface area contributed by atoms with Crippen LogP contribution in [0.15, 0.2) is 42.5 Å². The van der Waals surface area contributed by atoms with Gasteiger partial charge in [0.05, 0.1) is 0 Å². The van der Waals surface area contributed by atoms with E-state index in [9.17, 15) is 0 Å². The van der Waals surface area contributed by atoms with Gasteiger partial charge in [-0.1, -0.05) is 42.0 Å². The van der Waals surface area contributed by atoms with Crippen LogP contribution in [-0.2, 0) is 0 Å². The molecule has 0 aliphatic heterocycles. The smallest absolute Gasteiger partial charge is 0.136 e. The number of benzene rings is 2. The highest BCUT2D eigenvalue weighted by Crippen LogP contribution is 2.26. The molecule has 0 saturated carbocycles. The first kappa shape index (κ1) is 13.6. The third-order valence-corrected chi connectivity index (χ3v) is 3.24. The van der Waals surface area contributed by atoms with Gasteiger partial charge in [-0.2, -0.15) is 0 Å². The number of aryl methyl sites for hydroxylation is 3. The van der Waals surface area contributed by atoms with E-state index < -0.39 is 0 Å². The second-order valence-electron chi connectivity index (χ2n) is 5.03. The number of ether oxygens (including phenoxy) is 1. The summed E-state index contributed by atoms with van der Waals surface area (Å²) in [6.45, 7) is 6.67. The van der Waals surface area contributed by atoms with Gasteiger partial charge in [0.1, 0.15) is 11.9 Å². The Morgan fingerprint density at radius 1 is 1.00 bits per heavy atom. The van der Waals surface area contributed by atoms with Gasteiger partial charge in [-0.25, -0.2) is 0 Å². The molecule has 2 nitrogen and oxygen atoms in total. The second kappa shape index (κ2) is 5.89. The largest absolute Gasteiger partial charge is 0.484 e. The van der Waals surface area contributed by atoms with E-state index in [4.69, 9.17) is 10.5 Å². The van der Waals surface area contributed by atoms with E-state index in [1.807, 2.05) is 6.07 Å². The highest BCUT2D eigenvalue weighted by Gasteiger charge is 2.13. The molecule has 0 heterocycles. The summed E-state index contributed by atoms with van der Waals surface area (Å²) in [5.41, 5.74) is 10.5. The zero-order valence-electron chi connectivity index (χ0n) is 11.8. The Bertz CT molecular complexity index is 563. The molecule has 1 unspecified atom stereocenters. The van der Waals surface area contributed by atoms with Gasteiger partial charge in [-0.15, -0.1) is 0 Å². The van der Waals surface area contributed by atoms with E-state index in [0.29, 0.717) is 6.54 Å². The average Bonchev–Trinajstić information content (AvgIpc) is 2.39. The molecule has 0 amide bonds. The van der Waals surface area contributed by atoms with Crippen LogP contribution < -0.4 is 10.5 Å². The summed E-state index contributed by atoms with van der Waals surface area (Å²) in [5.74, 6) is 0.914. The van der Waals surface area contributed by atoms with Gasteiger partial charge in [0.2, 0.25) is 0 Å². The van der Waals surface area contributed by atoms with Crippen molar-refractivity contribution in [1.29, 1.82) is 0 Å². The molecule has 19 heavy (non-hydrogen) atoms. The summed E-state index contributed by atoms with van der Waals surface area (Å²) in [4.78, 5) is 0. The fourth-order valence-corrected chi connectivity index (χ4v) is 2.11. The van der Waals surface area contributed by atoms with E-state index in [1.54, 1.807) is 0 Å². The van der Waals surface area contributed by atoms with E-state index >= 15 is 0 Å². The van der Waals surface area contributed by atoms with Crippen molar-refractivity contribution in [2.24, 2.45) is 5.73 Å². The van der Waals surface area contributed by atoms with Crippen LogP contribution in [0.5, 0.6) is 5.75 Å². The van der Waals surface area contributed by atoms with Crippen molar-refractivity contribution in [3.05, 3.63) is 64.7 Å². The lowest BCUT2D eigenvalue weighted by Crippen LogP contribution is -2.19. The van der Waals surface area contributed by atoms with E-state index in [1.165, 1.54) is 11.1 Å². The van der Waals surface area contributed by atoms with E-state index in [-0.39, 0.29) is 6.10 Å². The van der Waals surface area contributed by atoms with Gasteiger partial charge in [0.25, 0.3) is 0 Å². The molecule has 2 N–H and O–H groups in total. The Labute approximate surface area is 115 Å². The van der Waals surface area contributed by atoms with E-state index in [2.05, 4.69) is 57.2 Å². The van der Waals surface area contributed by atoms with Crippen LogP contribution in [0, 0.1) is 20.8 Å². The zero-order valence-corrected chi connectivity index (χ0v) is 11.8. The third kappa shape index (κ3) is 3.36. The molecule has 0 aliphatic carbocycles. The minimum atomic E-state index is -0.0969. The Balaban J connectivity index is 2.26. The van der Waals surface area contributed by atoms with Crippen molar-refractivity contribution >= 4 is 0 Å². The molecule has 1 atom stereocenters. The SMILES string of the molecule is Cc1cccc(C(CN)Oc2cc(C)ccc2C)c1. The first-order valence-electron chi connectivity index (χ1n) is 6.60. The standard InChI is InChI=1S/C17H21NO/c1-12-5-4-6-15(9-12)17(11-18)19-16-10-13(2)7-8-14(16)3/h4-10,17H,11,18H2,1-3H3. The maximum absolute atomic E-state index is 6.09. The first-order chi connectivity index (χ1) is 9.10. The van der Waals surface area contributed by atoms with Crippen molar-refractivity contribution in [3.8, 4) is 5.75 Å². The predicted molar refractivity (Wildman–Crippen MR) is 79.5 cm³/mol. The molecule has 100 valence electrons. The van der Waals surface area contributed by atoms with Crippen molar-refractivity contribution in [1.82, 2.24) is 0 Å². The molecule has 0 aromatic heterocycles. The molecule has 2 heteroatoms. The first-order valence-corrected chi connectivity index (χ1v) is 6.60. The van der Waals surface area contributed by atoms with Gasteiger partial charge in [0.15, 0.2) is 0 Å². The van der Waals surface area contributed by atoms with Gasteiger partial charge >= 0.3 is 0 Å². The summed E-state index contributed by atoms with van der Waals surface area (Å²) >= 11 is 0. The predicted octanol–water partition coefficient (Wildman–Crippen LogP) is 3.69. The molecule has 0 bridgehead atoms. The summed E-state index contributed by atoms with van der Waals surface area (Å²) in [7, 11) is 0. The summed E-state index contributed by atoms with van der Waals surface area (Å²) in [5, 5.41) is 0.